The zero-order valence-electron chi connectivity index (χ0n) is 17.6. The summed E-state index contributed by atoms with van der Waals surface area (Å²) in [5, 5.41) is 20.9. The van der Waals surface area contributed by atoms with Gasteiger partial charge in [0.2, 0.25) is 0 Å². The molecule has 2 aromatic heterocycles. The molecule has 0 aliphatic carbocycles. The number of nitriles is 1. The highest BCUT2D eigenvalue weighted by molar-refractivity contribution is 5.81. The summed E-state index contributed by atoms with van der Waals surface area (Å²) in [6.45, 7) is 1.81. The SMILES string of the molecule is CC1Oc2cc(cnc2N)-c2c(nn(C)c2C#N)NC(N(C)C)Nc2ccc(F)cc21. The van der Waals surface area contributed by atoms with E-state index in [0.29, 0.717) is 39.6 Å². The van der Waals surface area contributed by atoms with Crippen LogP contribution in [-0.4, -0.2) is 40.0 Å². The van der Waals surface area contributed by atoms with Gasteiger partial charge < -0.3 is 21.1 Å². The molecule has 2 bridgehead atoms. The van der Waals surface area contributed by atoms with Crippen LogP contribution < -0.4 is 21.1 Å². The summed E-state index contributed by atoms with van der Waals surface area (Å²) in [7, 11) is 5.47. The number of aryl methyl sites for hydroxylation is 1. The zero-order chi connectivity index (χ0) is 22.3. The number of nitrogens with two attached hydrogens (primary N) is 1. The van der Waals surface area contributed by atoms with Gasteiger partial charge in [0.15, 0.2) is 23.7 Å². The number of nitrogen functional groups attached to an aromatic ring is 1. The fourth-order valence-electron chi connectivity index (χ4n) is 3.54. The first kappa shape index (κ1) is 20.4. The minimum Gasteiger partial charge on any atom is -0.482 e. The Morgan fingerprint density at radius 2 is 2.06 bits per heavy atom. The highest BCUT2D eigenvalue weighted by Gasteiger charge is 2.25. The number of aromatic nitrogens is 3. The molecular weight excluding hydrogens is 399 g/mol. The number of pyridine rings is 1. The number of hydrogen-bond donors (Lipinski definition) is 3. The first-order chi connectivity index (χ1) is 14.8. The van der Waals surface area contributed by atoms with Crippen LogP contribution >= 0.6 is 0 Å². The Kier molecular flexibility index (Phi) is 5.12. The average molecular weight is 422 g/mol. The van der Waals surface area contributed by atoms with Gasteiger partial charge in [0, 0.05) is 30.1 Å². The minimum absolute atomic E-state index is 0.196. The second-order valence-corrected chi connectivity index (χ2v) is 7.56. The molecular formula is C21H23FN8O. The molecule has 2 atom stereocenters. The maximum Gasteiger partial charge on any atom is 0.166 e. The standard InChI is InChI=1S/C21H23FN8O/c1-11-14-8-13(22)5-6-15(14)26-21(29(2)3)27-20-18(16(9-23)30(4)28-20)12-7-17(31-11)19(24)25-10-12/h5-8,10-11,21,26H,1-4H3,(H2,24,25)(H,27,28). The van der Waals surface area contributed by atoms with Crippen molar-refractivity contribution in [1.82, 2.24) is 19.7 Å². The molecule has 9 nitrogen and oxygen atoms in total. The summed E-state index contributed by atoms with van der Waals surface area (Å²) >= 11 is 0. The van der Waals surface area contributed by atoms with Gasteiger partial charge in [-0.3, -0.25) is 9.58 Å². The Bertz CT molecular complexity index is 1180. The number of halogens is 1. The topological polar surface area (TPSA) is 117 Å². The summed E-state index contributed by atoms with van der Waals surface area (Å²) in [6, 6.07) is 8.39. The largest absolute Gasteiger partial charge is 0.482 e. The zero-order valence-corrected chi connectivity index (χ0v) is 17.6. The highest BCUT2D eigenvalue weighted by Crippen LogP contribution is 2.37. The molecule has 2 unspecified atom stereocenters. The maximum absolute atomic E-state index is 14.1. The third kappa shape index (κ3) is 3.71. The second-order valence-electron chi connectivity index (χ2n) is 7.56. The van der Waals surface area contributed by atoms with E-state index < -0.39 is 12.4 Å². The van der Waals surface area contributed by atoms with E-state index in [1.807, 2.05) is 25.9 Å². The fourth-order valence-corrected chi connectivity index (χ4v) is 3.54. The van der Waals surface area contributed by atoms with Crippen molar-refractivity contribution in [3.63, 3.8) is 0 Å². The Morgan fingerprint density at radius 3 is 2.77 bits per heavy atom. The summed E-state index contributed by atoms with van der Waals surface area (Å²) in [5.74, 6) is 0.647. The molecule has 1 aliphatic heterocycles. The van der Waals surface area contributed by atoms with Gasteiger partial charge in [0.25, 0.3) is 0 Å². The van der Waals surface area contributed by atoms with Crippen LogP contribution in [0.5, 0.6) is 5.75 Å². The molecule has 1 aromatic carbocycles. The number of anilines is 3. The Hall–Kier alpha value is -3.84. The molecule has 3 heterocycles. The normalized spacial score (nSPS) is 17.7. The average Bonchev–Trinajstić information content (AvgIpc) is 3.04. The summed E-state index contributed by atoms with van der Waals surface area (Å²) in [6.07, 6.45) is 0.633. The number of rotatable bonds is 1. The summed E-state index contributed by atoms with van der Waals surface area (Å²) in [4.78, 5) is 6.16. The molecule has 3 aromatic rings. The third-order valence-corrected chi connectivity index (χ3v) is 5.16. The highest BCUT2D eigenvalue weighted by atomic mass is 19.1. The molecule has 0 fully saturated rings. The first-order valence-corrected chi connectivity index (χ1v) is 9.67. The Labute approximate surface area is 179 Å². The van der Waals surface area contributed by atoms with Crippen molar-refractivity contribution < 1.29 is 9.13 Å². The molecule has 0 saturated heterocycles. The molecule has 0 spiro atoms. The van der Waals surface area contributed by atoms with Crippen LogP contribution in [0.3, 0.4) is 0 Å². The van der Waals surface area contributed by atoms with Gasteiger partial charge in [-0.2, -0.15) is 10.4 Å². The predicted molar refractivity (Wildman–Crippen MR) is 116 cm³/mol. The van der Waals surface area contributed by atoms with Gasteiger partial charge in [-0.1, -0.05) is 0 Å². The van der Waals surface area contributed by atoms with Crippen LogP contribution in [0.15, 0.2) is 30.5 Å². The van der Waals surface area contributed by atoms with E-state index in [2.05, 4.69) is 26.8 Å². The van der Waals surface area contributed by atoms with Crippen molar-refractivity contribution in [3.8, 4) is 22.9 Å². The molecule has 4 rings (SSSR count). The summed E-state index contributed by atoms with van der Waals surface area (Å²) < 4.78 is 21.7. The smallest absolute Gasteiger partial charge is 0.166 e. The van der Waals surface area contributed by atoms with E-state index in [-0.39, 0.29) is 11.6 Å². The van der Waals surface area contributed by atoms with Crippen LogP contribution in [0.2, 0.25) is 0 Å². The van der Waals surface area contributed by atoms with E-state index in [9.17, 15) is 9.65 Å². The number of ether oxygens (including phenoxy) is 1. The van der Waals surface area contributed by atoms with E-state index >= 15 is 0 Å². The van der Waals surface area contributed by atoms with Crippen LogP contribution in [0.25, 0.3) is 11.1 Å². The van der Waals surface area contributed by atoms with Crippen LogP contribution in [0.4, 0.5) is 21.7 Å². The van der Waals surface area contributed by atoms with E-state index in [1.165, 1.54) is 16.8 Å². The van der Waals surface area contributed by atoms with Gasteiger partial charge in [0.05, 0.1) is 5.56 Å². The predicted octanol–water partition coefficient (Wildman–Crippen LogP) is 2.90. The molecule has 31 heavy (non-hydrogen) atoms. The van der Waals surface area contributed by atoms with Gasteiger partial charge >= 0.3 is 0 Å². The lowest BCUT2D eigenvalue weighted by molar-refractivity contribution is 0.227. The molecule has 0 amide bonds. The number of nitrogens with zero attached hydrogens (tertiary/aromatic N) is 5. The molecule has 1 aliphatic rings. The van der Waals surface area contributed by atoms with Crippen molar-refractivity contribution in [1.29, 1.82) is 5.26 Å². The van der Waals surface area contributed by atoms with Gasteiger partial charge in [-0.25, -0.2) is 9.37 Å². The molecule has 0 saturated carbocycles. The van der Waals surface area contributed by atoms with Crippen molar-refractivity contribution in [2.24, 2.45) is 7.05 Å². The number of benzene rings is 1. The lowest BCUT2D eigenvalue weighted by Crippen LogP contribution is -2.42. The molecule has 4 N–H and O–H groups in total. The monoisotopic (exact) mass is 422 g/mol. The number of hydrogen-bond acceptors (Lipinski definition) is 8. The summed E-state index contributed by atoms with van der Waals surface area (Å²) in [5.41, 5.74) is 8.93. The van der Waals surface area contributed by atoms with Crippen LogP contribution in [-0.2, 0) is 7.05 Å². The van der Waals surface area contributed by atoms with E-state index in [4.69, 9.17) is 10.5 Å². The Balaban J connectivity index is 1.96. The van der Waals surface area contributed by atoms with Gasteiger partial charge in [0.1, 0.15) is 23.7 Å². The lowest BCUT2D eigenvalue weighted by Gasteiger charge is -2.30. The molecule has 160 valence electrons. The molecule has 0 radical (unpaired) electrons. The van der Waals surface area contributed by atoms with Gasteiger partial charge in [-0.15, -0.1) is 0 Å². The van der Waals surface area contributed by atoms with Crippen LogP contribution in [0.1, 0.15) is 24.3 Å². The van der Waals surface area contributed by atoms with E-state index in [1.54, 1.807) is 25.4 Å². The van der Waals surface area contributed by atoms with E-state index in [0.717, 1.165) is 0 Å². The number of nitrogens with one attached hydrogen (secondary N) is 2. The van der Waals surface area contributed by atoms with Crippen molar-refractivity contribution in [2.75, 3.05) is 30.5 Å². The van der Waals surface area contributed by atoms with Crippen molar-refractivity contribution in [2.45, 2.75) is 19.3 Å². The Morgan fingerprint density at radius 1 is 1.29 bits per heavy atom. The first-order valence-electron chi connectivity index (χ1n) is 9.67. The third-order valence-electron chi connectivity index (χ3n) is 5.16. The number of fused-ring (bicyclic) bond motifs is 5. The quantitative estimate of drug-likeness (QED) is 0.548. The fraction of sp³-hybridized carbons (Fsp3) is 0.286. The minimum atomic E-state index is -0.524. The van der Waals surface area contributed by atoms with Crippen molar-refractivity contribution in [3.05, 3.63) is 47.5 Å². The van der Waals surface area contributed by atoms with Gasteiger partial charge in [-0.05, 0) is 45.3 Å². The van der Waals surface area contributed by atoms with Crippen molar-refractivity contribution >= 4 is 17.3 Å². The van der Waals surface area contributed by atoms with Crippen LogP contribution in [0, 0.1) is 17.1 Å². The molecule has 10 heteroatoms. The maximum atomic E-state index is 14.1. The lowest BCUT2D eigenvalue weighted by atomic mass is 10.1. The second kappa shape index (κ2) is 7.77.